The molecule has 19 nitrogen and oxygen atoms in total. The molecule has 0 atom stereocenters. The van der Waals surface area contributed by atoms with Gasteiger partial charge in [0.25, 0.3) is 0 Å². The molecule has 0 saturated carbocycles. The zero-order valence-electron chi connectivity index (χ0n) is 38.7. The van der Waals surface area contributed by atoms with Gasteiger partial charge in [0, 0.05) is 43.2 Å². The molecule has 0 radical (unpaired) electrons. The molecule has 71 heavy (non-hydrogen) atoms. The number of aldehydes is 1. The van der Waals surface area contributed by atoms with E-state index in [0.717, 1.165) is 37.4 Å². The quantitative estimate of drug-likeness (QED) is 0.0343. The van der Waals surface area contributed by atoms with Crippen LogP contribution in [0.5, 0.6) is 17.2 Å². The zero-order valence-corrected chi connectivity index (χ0v) is 41.7. The highest BCUT2D eigenvalue weighted by Crippen LogP contribution is 2.32. The third-order valence-electron chi connectivity index (χ3n) is 9.11. The first-order valence-electron chi connectivity index (χ1n) is 21.1. The summed E-state index contributed by atoms with van der Waals surface area (Å²) < 4.78 is 51.9. The maximum absolute atomic E-state index is 13.8. The Morgan fingerprint density at radius 2 is 1.15 bits per heavy atom. The number of aromatic nitrogens is 6. The molecule has 382 valence electrons. The number of hydrogen-bond acceptors (Lipinski definition) is 17. The van der Waals surface area contributed by atoms with E-state index in [2.05, 4.69) is 25.5 Å². The number of anilines is 3. The van der Waals surface area contributed by atoms with E-state index in [9.17, 15) is 37.8 Å². The standard InChI is InChI=1S/C18H19ClFN5O3.C9H11ClFNO.C9H9ClN4O2.C7H4ClFO2.C2H7N/c1-3-24(9-10-12(26)6-5-11(20)15(10)19)13-7-8-25-17(22-13)14(16(21)23-25)18(27)28-4-2;1-2-12-5-6-8(13)4-3-7(11)9(6)10;1-2-16-9(15)6-7(11)13-14-4-3-5(10)12-8(6)14;8-7-4(3-10)6(11)2-1-5(7)9;1-2-3/h5-8,26H,3-4,9H2,1-2H3,(H2,21,23);3-4,12-13H,2,5H2,1H3;3-4H,2H2,1H3,(H2,11,13);1-3,11H;2-3H2,1H3. The molecule has 10 N–H and O–H groups in total. The Hall–Kier alpha value is -6.82. The van der Waals surface area contributed by atoms with Crippen LogP contribution in [0.1, 0.15) is 76.8 Å². The monoisotopic (exact) mass is 1070 g/mol. The Labute approximate surface area is 424 Å². The van der Waals surface area contributed by atoms with Crippen molar-refractivity contribution in [1.29, 1.82) is 0 Å². The van der Waals surface area contributed by atoms with Crippen molar-refractivity contribution in [3.63, 3.8) is 0 Å². The summed E-state index contributed by atoms with van der Waals surface area (Å²) in [6.45, 7) is 12.0. The van der Waals surface area contributed by atoms with Crippen LogP contribution in [0.4, 0.5) is 30.6 Å². The first-order valence-corrected chi connectivity index (χ1v) is 22.6. The number of nitrogens with two attached hydrogens (primary N) is 3. The Balaban J connectivity index is 0.000000263. The Morgan fingerprint density at radius 3 is 1.62 bits per heavy atom. The van der Waals surface area contributed by atoms with E-state index in [0.29, 0.717) is 36.4 Å². The minimum absolute atomic E-state index is 0.0111. The van der Waals surface area contributed by atoms with Crippen molar-refractivity contribution in [2.24, 2.45) is 5.73 Å². The molecule has 0 fully saturated rings. The predicted molar refractivity (Wildman–Crippen MR) is 265 cm³/mol. The number of rotatable bonds is 12. The summed E-state index contributed by atoms with van der Waals surface area (Å²) in [6, 6.07) is 10.1. The van der Waals surface area contributed by atoms with Crippen LogP contribution in [0.25, 0.3) is 11.3 Å². The summed E-state index contributed by atoms with van der Waals surface area (Å²) in [5, 5.41) is 39.1. The zero-order chi connectivity index (χ0) is 53.1. The molecular weight excluding hydrogens is 1020 g/mol. The minimum Gasteiger partial charge on any atom is -0.508 e. The van der Waals surface area contributed by atoms with E-state index in [1.54, 1.807) is 43.3 Å². The number of halogens is 7. The molecule has 0 aliphatic heterocycles. The molecule has 0 amide bonds. The number of benzene rings is 3. The van der Waals surface area contributed by atoms with Crippen LogP contribution in [0.3, 0.4) is 0 Å². The highest BCUT2D eigenvalue weighted by molar-refractivity contribution is 6.33. The fraction of sp³-hybridized carbons (Fsp3) is 0.267. The number of aromatic hydroxyl groups is 3. The highest BCUT2D eigenvalue weighted by Gasteiger charge is 2.23. The molecule has 0 saturated heterocycles. The van der Waals surface area contributed by atoms with Crippen LogP contribution in [0.2, 0.25) is 20.2 Å². The Kier molecular flexibility index (Phi) is 23.2. The molecule has 0 spiro atoms. The van der Waals surface area contributed by atoms with Crippen LogP contribution in [-0.2, 0) is 22.6 Å². The Bertz CT molecular complexity index is 2950. The second kappa shape index (κ2) is 28.1. The second-order valence-electron chi connectivity index (χ2n) is 13.9. The van der Waals surface area contributed by atoms with Gasteiger partial charge in [-0.15, -0.1) is 10.2 Å². The molecule has 7 rings (SSSR count). The second-order valence-corrected chi connectivity index (χ2v) is 15.4. The van der Waals surface area contributed by atoms with Crippen molar-refractivity contribution < 1.29 is 52.3 Å². The van der Waals surface area contributed by atoms with Gasteiger partial charge in [-0.2, -0.15) is 0 Å². The normalized spacial score (nSPS) is 10.4. The number of nitrogens with one attached hydrogen (secondary N) is 1. The number of nitrogens with zero attached hydrogens (tertiary/aromatic N) is 7. The average Bonchev–Trinajstić information content (AvgIpc) is 3.85. The smallest absolute Gasteiger partial charge is 0.345 e. The number of nitrogen functional groups attached to an aromatic ring is 2. The van der Waals surface area contributed by atoms with E-state index >= 15 is 0 Å². The van der Waals surface area contributed by atoms with Crippen molar-refractivity contribution in [3.05, 3.63) is 126 Å². The van der Waals surface area contributed by atoms with E-state index < -0.39 is 29.4 Å². The molecule has 26 heteroatoms. The van der Waals surface area contributed by atoms with Crippen molar-refractivity contribution in [3.8, 4) is 17.2 Å². The lowest BCUT2D eigenvalue weighted by atomic mass is 10.1. The first-order chi connectivity index (χ1) is 33.7. The average molecular weight is 1070 g/mol. The number of carbonyl (C=O) groups is 3. The van der Waals surface area contributed by atoms with Crippen LogP contribution in [0.15, 0.2) is 60.9 Å². The van der Waals surface area contributed by atoms with Gasteiger partial charge in [0.15, 0.2) is 29.2 Å². The van der Waals surface area contributed by atoms with Gasteiger partial charge in [0.1, 0.15) is 56.8 Å². The number of phenols is 3. The molecule has 3 aromatic carbocycles. The lowest BCUT2D eigenvalue weighted by Gasteiger charge is -2.23. The van der Waals surface area contributed by atoms with Gasteiger partial charge in [-0.25, -0.2) is 41.8 Å². The molecule has 4 aromatic heterocycles. The summed E-state index contributed by atoms with van der Waals surface area (Å²) in [4.78, 5) is 44.2. The predicted octanol–water partition coefficient (Wildman–Crippen LogP) is 8.41. The van der Waals surface area contributed by atoms with Gasteiger partial charge in [-0.3, -0.25) is 4.79 Å². The van der Waals surface area contributed by atoms with Crippen molar-refractivity contribution in [2.45, 2.75) is 47.7 Å². The number of phenolic OH excluding ortho intramolecular Hbond substituents is 3. The maximum atomic E-state index is 13.8. The van der Waals surface area contributed by atoms with Gasteiger partial charge in [-0.1, -0.05) is 60.3 Å². The van der Waals surface area contributed by atoms with Crippen LogP contribution < -0.4 is 27.4 Å². The summed E-state index contributed by atoms with van der Waals surface area (Å²) >= 11 is 22.7. The third kappa shape index (κ3) is 15.3. The molecule has 0 bridgehead atoms. The van der Waals surface area contributed by atoms with Crippen LogP contribution >= 0.6 is 46.4 Å². The molecule has 7 aromatic rings. The number of carbonyl (C=O) groups excluding carboxylic acids is 3. The topological polar surface area (TPSA) is 284 Å². The summed E-state index contributed by atoms with van der Waals surface area (Å²) in [6.07, 6.45) is 3.48. The number of fused-ring (bicyclic) bond motifs is 2. The minimum atomic E-state index is -0.716. The SMILES string of the molecule is CCN.CCNCc1c(O)ccc(F)c1Cl.CCOC(=O)c1c(N)nn2ccc(Cl)nc12.CCOC(=O)c1c(N)nn2ccc(N(CC)Cc3c(O)ccc(F)c3Cl)nc12.O=Cc1c(O)ccc(F)c1Cl. The van der Waals surface area contributed by atoms with Crippen molar-refractivity contribution >= 4 is 93.4 Å². The van der Waals surface area contributed by atoms with Gasteiger partial charge in [-0.05, 0) is 82.4 Å². The molecular formula is C45H50Cl4F3N11O8. The summed E-state index contributed by atoms with van der Waals surface area (Å²) in [7, 11) is 0. The fourth-order valence-corrected chi connectivity index (χ4v) is 6.57. The van der Waals surface area contributed by atoms with Gasteiger partial charge < -0.3 is 52.2 Å². The fourth-order valence-electron chi connectivity index (χ4n) is 5.78. The van der Waals surface area contributed by atoms with Gasteiger partial charge >= 0.3 is 11.9 Å². The molecule has 0 aliphatic carbocycles. The third-order valence-corrected chi connectivity index (χ3v) is 10.5. The van der Waals surface area contributed by atoms with E-state index in [4.69, 9.17) is 78.2 Å². The first kappa shape index (κ1) is 58.5. The van der Waals surface area contributed by atoms with Crippen molar-refractivity contribution in [2.75, 3.05) is 49.2 Å². The highest BCUT2D eigenvalue weighted by atomic mass is 35.5. The Morgan fingerprint density at radius 1 is 0.704 bits per heavy atom. The van der Waals surface area contributed by atoms with Crippen LogP contribution in [0, 0.1) is 17.5 Å². The van der Waals surface area contributed by atoms with Crippen LogP contribution in [-0.4, -0.2) is 95.6 Å². The van der Waals surface area contributed by atoms with Crippen molar-refractivity contribution in [1.82, 2.24) is 34.5 Å². The maximum Gasteiger partial charge on any atom is 0.345 e. The van der Waals surface area contributed by atoms with E-state index in [1.165, 1.54) is 21.2 Å². The molecule has 0 aliphatic rings. The van der Waals surface area contributed by atoms with E-state index in [1.807, 2.05) is 20.8 Å². The number of esters is 2. The summed E-state index contributed by atoms with van der Waals surface area (Å²) in [5.74, 6) is -2.87. The van der Waals surface area contributed by atoms with Gasteiger partial charge in [0.05, 0.1) is 33.8 Å². The number of hydrogen-bond donors (Lipinski definition) is 7. The lowest BCUT2D eigenvalue weighted by Crippen LogP contribution is -2.24. The number of ether oxygens (including phenoxy) is 2. The molecule has 0 unspecified atom stereocenters. The molecule has 4 heterocycles. The van der Waals surface area contributed by atoms with Gasteiger partial charge in [0.2, 0.25) is 0 Å². The largest absolute Gasteiger partial charge is 0.508 e. The summed E-state index contributed by atoms with van der Waals surface area (Å²) in [5.41, 5.74) is 17.5. The van der Waals surface area contributed by atoms with E-state index in [-0.39, 0.29) is 96.8 Å². The lowest BCUT2D eigenvalue weighted by molar-refractivity contribution is 0.0519.